The summed E-state index contributed by atoms with van der Waals surface area (Å²) in [6.07, 6.45) is -3.70. The van der Waals surface area contributed by atoms with E-state index in [0.29, 0.717) is 5.92 Å². The first-order valence-electron chi connectivity index (χ1n) is 9.16. The van der Waals surface area contributed by atoms with Gasteiger partial charge in [-0.3, -0.25) is 0 Å². The number of halogens is 3. The van der Waals surface area contributed by atoms with Gasteiger partial charge in [0.25, 0.3) is 0 Å². The van der Waals surface area contributed by atoms with Crippen LogP contribution in [0.15, 0.2) is 46.9 Å². The number of aliphatic hydroxyl groups is 1. The lowest BCUT2D eigenvalue weighted by molar-refractivity contribution is -0.274. The molecule has 0 radical (unpaired) electrons. The van der Waals surface area contributed by atoms with Crippen LogP contribution in [0.5, 0.6) is 0 Å². The van der Waals surface area contributed by atoms with Gasteiger partial charge in [0, 0.05) is 13.0 Å². The van der Waals surface area contributed by atoms with Crippen molar-refractivity contribution in [1.29, 1.82) is 0 Å². The van der Waals surface area contributed by atoms with Crippen molar-refractivity contribution in [1.82, 2.24) is 10.6 Å². The summed E-state index contributed by atoms with van der Waals surface area (Å²) in [5.41, 5.74) is -2.21. The lowest BCUT2D eigenvalue weighted by Crippen LogP contribution is -2.46. The van der Waals surface area contributed by atoms with Crippen molar-refractivity contribution >= 4 is 6.03 Å². The summed E-state index contributed by atoms with van der Waals surface area (Å²) in [4.78, 5) is 12.2. The molecule has 152 valence electrons. The monoisotopic (exact) mass is 396 g/mol. The third-order valence-electron chi connectivity index (χ3n) is 4.93. The molecule has 28 heavy (non-hydrogen) atoms. The van der Waals surface area contributed by atoms with Crippen LogP contribution in [0, 0.1) is 12.8 Å². The van der Waals surface area contributed by atoms with Gasteiger partial charge in [-0.25, -0.2) is 4.79 Å². The average molecular weight is 396 g/mol. The number of aryl methyl sites for hydroxylation is 1. The summed E-state index contributed by atoms with van der Waals surface area (Å²) in [5, 5.41) is 15.5. The van der Waals surface area contributed by atoms with E-state index in [9.17, 15) is 23.1 Å². The Hall–Kier alpha value is -2.48. The van der Waals surface area contributed by atoms with Gasteiger partial charge in [-0.2, -0.15) is 13.2 Å². The number of alkyl halides is 3. The summed E-state index contributed by atoms with van der Waals surface area (Å²) in [6.45, 7) is 1.13. The van der Waals surface area contributed by atoms with Gasteiger partial charge in [0.15, 0.2) is 0 Å². The second-order valence-corrected chi connectivity index (χ2v) is 7.14. The molecule has 1 saturated carbocycles. The Morgan fingerprint density at radius 3 is 2.43 bits per heavy atom. The van der Waals surface area contributed by atoms with E-state index in [1.54, 1.807) is 0 Å². The van der Waals surface area contributed by atoms with Gasteiger partial charge in [0.1, 0.15) is 11.5 Å². The van der Waals surface area contributed by atoms with Crippen LogP contribution in [0.25, 0.3) is 0 Å². The van der Waals surface area contributed by atoms with E-state index >= 15 is 0 Å². The molecule has 1 aliphatic carbocycles. The highest BCUT2D eigenvalue weighted by Gasteiger charge is 2.56. The topological polar surface area (TPSA) is 74.5 Å². The van der Waals surface area contributed by atoms with Crippen molar-refractivity contribution in [2.24, 2.45) is 5.92 Å². The zero-order chi connectivity index (χ0) is 20.4. The molecule has 2 atom stereocenters. The first-order chi connectivity index (χ1) is 13.2. The highest BCUT2D eigenvalue weighted by Crippen LogP contribution is 2.42. The fourth-order valence-corrected chi connectivity index (χ4v) is 3.17. The molecule has 1 aromatic carbocycles. The number of carbonyl (C=O) groups excluding carboxylic acids is 1. The lowest BCUT2D eigenvalue weighted by atomic mass is 9.96. The highest BCUT2D eigenvalue weighted by atomic mass is 19.4. The van der Waals surface area contributed by atoms with Crippen LogP contribution in [-0.4, -0.2) is 23.9 Å². The zero-order valence-corrected chi connectivity index (χ0v) is 15.4. The number of furan rings is 1. The average Bonchev–Trinajstić information content (AvgIpc) is 3.39. The Labute approximate surface area is 160 Å². The standard InChI is InChI=1S/C20H23F3N2O3/c1-13-7-10-16(28-13)19(27,20(21,22)23)11-12-24-18(26)25-17(15-8-9-15)14-5-3-2-4-6-14/h2-7,10,15,17,27H,8-9,11-12H2,1H3,(H2,24,25,26). The number of amides is 2. The van der Waals surface area contributed by atoms with Gasteiger partial charge < -0.3 is 20.2 Å². The summed E-state index contributed by atoms with van der Waals surface area (Å²) in [5.74, 6) is 0.00437. The van der Waals surface area contributed by atoms with E-state index in [4.69, 9.17) is 4.42 Å². The minimum absolute atomic E-state index is 0.185. The summed E-state index contributed by atoms with van der Waals surface area (Å²) in [6, 6.07) is 11.1. The largest absolute Gasteiger partial charge is 0.463 e. The molecule has 8 heteroatoms. The maximum absolute atomic E-state index is 13.4. The molecular formula is C20H23F3N2O3. The molecule has 3 N–H and O–H groups in total. The molecule has 2 aromatic rings. The van der Waals surface area contributed by atoms with Crippen molar-refractivity contribution in [3.05, 3.63) is 59.5 Å². The van der Waals surface area contributed by atoms with Crippen LogP contribution in [0.4, 0.5) is 18.0 Å². The quantitative estimate of drug-likeness (QED) is 0.657. The second kappa shape index (κ2) is 7.87. The van der Waals surface area contributed by atoms with Crippen LogP contribution < -0.4 is 10.6 Å². The highest BCUT2D eigenvalue weighted by molar-refractivity contribution is 5.74. The summed E-state index contributed by atoms with van der Waals surface area (Å²) < 4.78 is 45.3. The van der Waals surface area contributed by atoms with Gasteiger partial charge >= 0.3 is 12.2 Å². The molecule has 2 unspecified atom stereocenters. The minimum Gasteiger partial charge on any atom is -0.463 e. The van der Waals surface area contributed by atoms with Crippen LogP contribution >= 0.6 is 0 Å². The third kappa shape index (κ3) is 4.49. The van der Waals surface area contributed by atoms with Gasteiger partial charge in [-0.05, 0) is 43.4 Å². The molecule has 0 spiro atoms. The molecule has 0 bridgehead atoms. The van der Waals surface area contributed by atoms with E-state index in [2.05, 4.69) is 10.6 Å². The van der Waals surface area contributed by atoms with E-state index in [1.165, 1.54) is 13.0 Å². The fraction of sp³-hybridized carbons (Fsp3) is 0.450. The van der Waals surface area contributed by atoms with Crippen molar-refractivity contribution < 1.29 is 27.5 Å². The molecule has 5 nitrogen and oxygen atoms in total. The molecule has 1 fully saturated rings. The SMILES string of the molecule is Cc1ccc(C(O)(CCNC(=O)NC(c2ccccc2)C2CC2)C(F)(F)F)o1. The first kappa shape index (κ1) is 20.3. The molecule has 0 aliphatic heterocycles. The van der Waals surface area contributed by atoms with Gasteiger partial charge in [0.2, 0.25) is 5.60 Å². The zero-order valence-electron chi connectivity index (χ0n) is 15.4. The number of carbonyl (C=O) groups is 1. The molecule has 1 aliphatic rings. The number of rotatable bonds is 7. The Kier molecular flexibility index (Phi) is 5.69. The van der Waals surface area contributed by atoms with Gasteiger partial charge in [-0.15, -0.1) is 0 Å². The molecule has 1 aromatic heterocycles. The van der Waals surface area contributed by atoms with Crippen LogP contribution in [-0.2, 0) is 5.60 Å². The molecule has 1 heterocycles. The van der Waals surface area contributed by atoms with Crippen molar-refractivity contribution in [2.45, 2.75) is 44.0 Å². The van der Waals surface area contributed by atoms with Crippen LogP contribution in [0.2, 0.25) is 0 Å². The summed E-state index contributed by atoms with van der Waals surface area (Å²) in [7, 11) is 0. The van der Waals surface area contributed by atoms with Crippen molar-refractivity contribution in [3.63, 3.8) is 0 Å². The van der Waals surface area contributed by atoms with Crippen LogP contribution in [0.3, 0.4) is 0 Å². The van der Waals surface area contributed by atoms with E-state index in [1.807, 2.05) is 30.3 Å². The van der Waals surface area contributed by atoms with Gasteiger partial charge in [-0.1, -0.05) is 30.3 Å². The third-order valence-corrected chi connectivity index (χ3v) is 4.93. The van der Waals surface area contributed by atoms with Crippen molar-refractivity contribution in [3.8, 4) is 0 Å². The van der Waals surface area contributed by atoms with E-state index in [0.717, 1.165) is 24.5 Å². The normalized spacial score (nSPS) is 17.6. The number of hydrogen-bond acceptors (Lipinski definition) is 3. The van der Waals surface area contributed by atoms with Crippen LogP contribution in [0.1, 0.15) is 42.4 Å². The number of nitrogens with one attached hydrogen (secondary N) is 2. The van der Waals surface area contributed by atoms with Crippen molar-refractivity contribution in [2.75, 3.05) is 6.54 Å². The lowest BCUT2D eigenvalue weighted by Gasteiger charge is -2.28. The smallest absolute Gasteiger partial charge is 0.424 e. The number of urea groups is 1. The second-order valence-electron chi connectivity index (χ2n) is 7.14. The first-order valence-corrected chi connectivity index (χ1v) is 9.16. The number of hydrogen-bond donors (Lipinski definition) is 3. The Morgan fingerprint density at radius 1 is 1.21 bits per heavy atom. The molecule has 0 saturated heterocycles. The van der Waals surface area contributed by atoms with E-state index < -0.39 is 30.0 Å². The Bertz CT molecular complexity index is 803. The van der Waals surface area contributed by atoms with E-state index in [-0.39, 0.29) is 18.3 Å². The minimum atomic E-state index is -4.93. The summed E-state index contributed by atoms with van der Waals surface area (Å²) >= 11 is 0. The fourth-order valence-electron chi connectivity index (χ4n) is 3.17. The number of benzene rings is 1. The van der Waals surface area contributed by atoms with Gasteiger partial charge in [0.05, 0.1) is 6.04 Å². The predicted molar refractivity (Wildman–Crippen MR) is 96.5 cm³/mol. The predicted octanol–water partition coefficient (Wildman–Crippen LogP) is 4.18. The molecular weight excluding hydrogens is 373 g/mol. The molecule has 2 amide bonds. The maximum Gasteiger partial charge on any atom is 0.424 e. The maximum atomic E-state index is 13.4. The Balaban J connectivity index is 1.60. The Morgan fingerprint density at radius 2 is 1.89 bits per heavy atom. The molecule has 3 rings (SSSR count).